The Balaban J connectivity index is 2.09. The summed E-state index contributed by atoms with van der Waals surface area (Å²) in [5, 5.41) is 2.58. The van der Waals surface area contributed by atoms with E-state index in [-0.39, 0.29) is 11.4 Å². The van der Waals surface area contributed by atoms with E-state index < -0.39 is 10.0 Å². The van der Waals surface area contributed by atoms with Crippen molar-refractivity contribution < 1.29 is 8.42 Å². The maximum absolute atomic E-state index is 12.0. The van der Waals surface area contributed by atoms with Crippen molar-refractivity contribution in [1.29, 1.82) is 0 Å². The third-order valence-corrected chi connectivity index (χ3v) is 4.63. The maximum Gasteiger partial charge on any atom is 0.242 e. The number of thiazole rings is 1. The monoisotopic (exact) mass is 299 g/mol. The van der Waals surface area contributed by atoms with E-state index in [0.29, 0.717) is 10.8 Å². The molecule has 2 aromatic heterocycles. The Hall–Kier alpha value is -1.55. The summed E-state index contributed by atoms with van der Waals surface area (Å²) in [6, 6.07) is 2.92. The number of pyridine rings is 1. The molecule has 2 heterocycles. The Labute approximate surface area is 114 Å². The van der Waals surface area contributed by atoms with Crippen LogP contribution in [0.15, 0.2) is 28.6 Å². The highest BCUT2D eigenvalue weighted by Gasteiger charge is 2.14. The van der Waals surface area contributed by atoms with Gasteiger partial charge in [0.05, 0.1) is 6.54 Å². The Morgan fingerprint density at radius 2 is 2.21 bits per heavy atom. The Bertz CT molecular complexity index is 651. The van der Waals surface area contributed by atoms with Crippen LogP contribution in [0.25, 0.3) is 0 Å². The summed E-state index contributed by atoms with van der Waals surface area (Å²) < 4.78 is 26.4. The second kappa shape index (κ2) is 5.61. The van der Waals surface area contributed by atoms with Crippen LogP contribution in [0.2, 0.25) is 0 Å². The molecule has 0 aliphatic heterocycles. The maximum atomic E-state index is 12.0. The van der Waals surface area contributed by atoms with E-state index in [0.717, 1.165) is 5.69 Å². The molecule has 0 aromatic carbocycles. The Morgan fingerprint density at radius 1 is 1.42 bits per heavy atom. The summed E-state index contributed by atoms with van der Waals surface area (Å²) in [6.07, 6.45) is 1.24. The van der Waals surface area contributed by atoms with Gasteiger partial charge in [-0.1, -0.05) is 0 Å². The van der Waals surface area contributed by atoms with Gasteiger partial charge in [0, 0.05) is 17.3 Å². The number of hydrazine groups is 1. The summed E-state index contributed by atoms with van der Waals surface area (Å²) in [5.74, 6) is 5.56. The number of anilines is 1. The fourth-order valence-electron chi connectivity index (χ4n) is 1.35. The number of nitrogens with two attached hydrogens (primary N) is 1. The van der Waals surface area contributed by atoms with Gasteiger partial charge < -0.3 is 5.43 Å². The molecule has 4 N–H and O–H groups in total. The van der Waals surface area contributed by atoms with Gasteiger partial charge in [0.1, 0.15) is 15.7 Å². The molecule has 7 nitrogen and oxygen atoms in total. The van der Waals surface area contributed by atoms with Gasteiger partial charge in [-0.15, -0.1) is 11.3 Å². The van der Waals surface area contributed by atoms with Gasteiger partial charge in [0.25, 0.3) is 0 Å². The lowest BCUT2D eigenvalue weighted by Crippen LogP contribution is -2.23. The zero-order valence-electron chi connectivity index (χ0n) is 10.1. The molecule has 0 radical (unpaired) electrons. The van der Waals surface area contributed by atoms with Crippen LogP contribution in [0, 0.1) is 6.92 Å². The van der Waals surface area contributed by atoms with Crippen molar-refractivity contribution in [1.82, 2.24) is 14.7 Å². The first-order valence-electron chi connectivity index (χ1n) is 5.34. The van der Waals surface area contributed by atoms with E-state index >= 15 is 0 Å². The van der Waals surface area contributed by atoms with Gasteiger partial charge in [-0.05, 0) is 19.1 Å². The molecule has 9 heteroatoms. The molecule has 19 heavy (non-hydrogen) atoms. The van der Waals surface area contributed by atoms with Crippen LogP contribution >= 0.6 is 11.3 Å². The first-order chi connectivity index (χ1) is 9.01. The van der Waals surface area contributed by atoms with Crippen LogP contribution in [-0.4, -0.2) is 18.4 Å². The van der Waals surface area contributed by atoms with E-state index in [4.69, 9.17) is 5.84 Å². The molecule has 0 unspecified atom stereocenters. The van der Waals surface area contributed by atoms with E-state index in [1.807, 2.05) is 12.3 Å². The second-order valence-corrected chi connectivity index (χ2v) is 6.44. The van der Waals surface area contributed by atoms with Crippen molar-refractivity contribution >= 4 is 27.2 Å². The molecule has 2 rings (SSSR count). The minimum absolute atomic E-state index is 0.0831. The standard InChI is InChI=1S/C10H13N5O2S2/c1-7-6-18-10(14-7)5-13-19(16,17)8-2-3-9(15-11)12-4-8/h2-4,6,13H,5,11H2,1H3,(H,12,15). The molecule has 0 atom stereocenters. The summed E-state index contributed by atoms with van der Waals surface area (Å²) >= 11 is 1.41. The molecule has 0 aliphatic carbocycles. The highest BCUT2D eigenvalue weighted by Crippen LogP contribution is 2.12. The van der Waals surface area contributed by atoms with Gasteiger partial charge in [-0.2, -0.15) is 0 Å². The quantitative estimate of drug-likeness (QED) is 0.551. The molecule has 0 bridgehead atoms. The van der Waals surface area contributed by atoms with E-state index in [1.165, 1.54) is 29.7 Å². The number of nitrogens with one attached hydrogen (secondary N) is 2. The summed E-state index contributed by atoms with van der Waals surface area (Å²) in [7, 11) is -3.59. The number of sulfonamides is 1. The number of hydrogen-bond acceptors (Lipinski definition) is 7. The first-order valence-corrected chi connectivity index (χ1v) is 7.71. The Morgan fingerprint density at radius 3 is 2.74 bits per heavy atom. The predicted molar refractivity (Wildman–Crippen MR) is 72.9 cm³/mol. The highest BCUT2D eigenvalue weighted by molar-refractivity contribution is 7.89. The molecule has 0 saturated carbocycles. The summed E-state index contributed by atoms with van der Waals surface area (Å²) in [4.78, 5) is 8.12. The van der Waals surface area contributed by atoms with Crippen LogP contribution < -0.4 is 16.0 Å². The minimum atomic E-state index is -3.59. The van der Waals surface area contributed by atoms with Crippen LogP contribution in [-0.2, 0) is 16.6 Å². The zero-order valence-corrected chi connectivity index (χ0v) is 11.8. The minimum Gasteiger partial charge on any atom is -0.308 e. The topological polar surface area (TPSA) is 110 Å². The van der Waals surface area contributed by atoms with E-state index in [2.05, 4.69) is 20.1 Å². The van der Waals surface area contributed by atoms with Crippen molar-refractivity contribution in [3.63, 3.8) is 0 Å². The number of hydrogen-bond donors (Lipinski definition) is 3. The van der Waals surface area contributed by atoms with Gasteiger partial charge in [-0.3, -0.25) is 0 Å². The van der Waals surface area contributed by atoms with E-state index in [9.17, 15) is 8.42 Å². The van der Waals surface area contributed by atoms with Gasteiger partial charge in [0.2, 0.25) is 10.0 Å². The smallest absolute Gasteiger partial charge is 0.242 e. The molecule has 102 valence electrons. The third kappa shape index (κ3) is 3.47. The molecule has 0 amide bonds. The lowest BCUT2D eigenvalue weighted by atomic mass is 10.5. The average molecular weight is 299 g/mol. The molecule has 0 aliphatic rings. The third-order valence-electron chi connectivity index (χ3n) is 2.27. The van der Waals surface area contributed by atoms with Crippen molar-refractivity contribution in [2.75, 3.05) is 5.43 Å². The fourth-order valence-corrected chi connectivity index (χ4v) is 3.08. The largest absolute Gasteiger partial charge is 0.308 e. The molecule has 0 spiro atoms. The number of aryl methyl sites for hydroxylation is 1. The van der Waals surface area contributed by atoms with Crippen molar-refractivity contribution in [2.24, 2.45) is 5.84 Å². The lowest BCUT2D eigenvalue weighted by Gasteiger charge is -2.05. The highest BCUT2D eigenvalue weighted by atomic mass is 32.2. The van der Waals surface area contributed by atoms with Gasteiger partial charge >= 0.3 is 0 Å². The number of aromatic nitrogens is 2. The molecular weight excluding hydrogens is 286 g/mol. The van der Waals surface area contributed by atoms with Crippen molar-refractivity contribution in [3.05, 3.63) is 34.4 Å². The lowest BCUT2D eigenvalue weighted by molar-refractivity contribution is 0.580. The van der Waals surface area contributed by atoms with E-state index in [1.54, 1.807) is 0 Å². The molecule has 2 aromatic rings. The number of nitrogen functional groups attached to an aromatic ring is 1. The zero-order chi connectivity index (χ0) is 13.9. The van der Waals surface area contributed by atoms with Crippen molar-refractivity contribution in [3.8, 4) is 0 Å². The van der Waals surface area contributed by atoms with Gasteiger partial charge in [-0.25, -0.2) is 29.0 Å². The summed E-state index contributed by atoms with van der Waals surface area (Å²) in [6.45, 7) is 2.02. The number of nitrogens with zero attached hydrogens (tertiary/aromatic N) is 2. The fraction of sp³-hybridized carbons (Fsp3) is 0.200. The molecular formula is C10H13N5O2S2. The SMILES string of the molecule is Cc1csc(CNS(=O)(=O)c2ccc(NN)nc2)n1. The van der Waals surface area contributed by atoms with Crippen LogP contribution in [0.4, 0.5) is 5.82 Å². The molecule has 0 fully saturated rings. The van der Waals surface area contributed by atoms with Crippen LogP contribution in [0.5, 0.6) is 0 Å². The predicted octanol–water partition coefficient (Wildman–Crippen LogP) is 0.611. The van der Waals surface area contributed by atoms with Crippen LogP contribution in [0.3, 0.4) is 0 Å². The molecule has 0 saturated heterocycles. The normalized spacial score (nSPS) is 11.5. The summed E-state index contributed by atoms with van der Waals surface area (Å²) in [5.41, 5.74) is 3.21. The van der Waals surface area contributed by atoms with Crippen molar-refractivity contribution in [2.45, 2.75) is 18.4 Å². The number of rotatable bonds is 5. The van der Waals surface area contributed by atoms with Gasteiger partial charge in [0.15, 0.2) is 0 Å². The average Bonchev–Trinajstić information content (AvgIpc) is 2.82. The van der Waals surface area contributed by atoms with Crippen LogP contribution in [0.1, 0.15) is 10.7 Å². The second-order valence-electron chi connectivity index (χ2n) is 3.73. The first kappa shape index (κ1) is 13.9. The Kier molecular flexibility index (Phi) is 4.10.